The van der Waals surface area contributed by atoms with Crippen LogP contribution in [0.5, 0.6) is 0 Å². The minimum absolute atomic E-state index is 0.189. The second-order valence-electron chi connectivity index (χ2n) is 10.4. The van der Waals surface area contributed by atoms with Crippen molar-refractivity contribution in [3.63, 3.8) is 0 Å². The van der Waals surface area contributed by atoms with Crippen LogP contribution >= 0.6 is 0 Å². The molecule has 0 atom stereocenters. The predicted molar refractivity (Wildman–Crippen MR) is 124 cm³/mol. The van der Waals surface area contributed by atoms with Crippen molar-refractivity contribution < 1.29 is 0 Å². The molecule has 0 aromatic heterocycles. The van der Waals surface area contributed by atoms with E-state index in [1.807, 2.05) is 0 Å². The molecule has 2 aromatic rings. The van der Waals surface area contributed by atoms with Gasteiger partial charge in [0, 0.05) is 0 Å². The van der Waals surface area contributed by atoms with Crippen molar-refractivity contribution in [2.75, 3.05) is 0 Å². The summed E-state index contributed by atoms with van der Waals surface area (Å²) in [6, 6.07) is 4.96. The molecule has 27 heavy (non-hydrogen) atoms. The SMILES string of the molecule is Cc1cc(C(C)(C)C)[c]([Sn+][c]2c(C(C)(C)C)cc(C)c(C)c2C)c(C)c1C. The number of hydrogen-bond donors (Lipinski definition) is 0. The minimum atomic E-state index is -0.945. The van der Waals surface area contributed by atoms with E-state index < -0.39 is 21.1 Å². The maximum absolute atomic E-state index is 2.48. The number of hydrogen-bond acceptors (Lipinski definition) is 0. The molecule has 2 rings (SSSR count). The molecule has 0 bridgehead atoms. The van der Waals surface area contributed by atoms with Crippen molar-refractivity contribution in [1.29, 1.82) is 0 Å². The average Bonchev–Trinajstić information content (AvgIpc) is 2.52. The van der Waals surface area contributed by atoms with Gasteiger partial charge in [-0.25, -0.2) is 0 Å². The molecule has 0 aliphatic rings. The molecule has 0 spiro atoms. The van der Waals surface area contributed by atoms with Gasteiger partial charge in [-0.3, -0.25) is 0 Å². The molecule has 1 radical (unpaired) electrons. The van der Waals surface area contributed by atoms with Gasteiger partial charge in [-0.05, 0) is 0 Å². The standard InChI is InChI=1S/2C13H19.Sn/c2*1-9-7-12(13(4,5)6)8-10(2)11(9)3;/h2*7H,1-6H3;/q;;+1. The zero-order chi connectivity index (χ0) is 20.9. The molecular weight excluding hydrogens is 431 g/mol. The summed E-state index contributed by atoms with van der Waals surface area (Å²) >= 11 is -0.945. The Hall–Kier alpha value is -0.761. The summed E-state index contributed by atoms with van der Waals surface area (Å²) in [5.41, 5.74) is 12.5. The van der Waals surface area contributed by atoms with Crippen molar-refractivity contribution in [3.05, 3.63) is 56.6 Å². The van der Waals surface area contributed by atoms with Gasteiger partial charge in [0.15, 0.2) is 0 Å². The fourth-order valence-electron chi connectivity index (χ4n) is 3.79. The molecule has 0 amide bonds. The van der Waals surface area contributed by atoms with E-state index in [0.717, 1.165) is 0 Å². The van der Waals surface area contributed by atoms with Crippen molar-refractivity contribution in [2.24, 2.45) is 0 Å². The van der Waals surface area contributed by atoms with E-state index >= 15 is 0 Å². The van der Waals surface area contributed by atoms with Gasteiger partial charge in [0.25, 0.3) is 0 Å². The van der Waals surface area contributed by atoms with Crippen LogP contribution in [0, 0.1) is 41.5 Å². The molecule has 145 valence electrons. The van der Waals surface area contributed by atoms with Gasteiger partial charge in [-0.1, -0.05) is 0 Å². The summed E-state index contributed by atoms with van der Waals surface area (Å²) < 4.78 is 3.40. The fraction of sp³-hybridized carbons (Fsp3) is 0.538. The molecule has 0 aliphatic carbocycles. The van der Waals surface area contributed by atoms with E-state index in [2.05, 4.69) is 95.2 Å². The second-order valence-corrected chi connectivity index (χ2v) is 13.9. The van der Waals surface area contributed by atoms with Crippen LogP contribution in [-0.2, 0) is 10.8 Å². The molecule has 1 heteroatoms. The van der Waals surface area contributed by atoms with Crippen molar-refractivity contribution in [3.8, 4) is 0 Å². The van der Waals surface area contributed by atoms with Crippen molar-refractivity contribution in [2.45, 2.75) is 93.9 Å². The average molecular weight is 469 g/mol. The molecule has 0 saturated heterocycles. The van der Waals surface area contributed by atoms with Gasteiger partial charge >= 0.3 is 179 Å². The Morgan fingerprint density at radius 1 is 0.519 bits per heavy atom. The third-order valence-electron chi connectivity index (χ3n) is 6.18. The monoisotopic (exact) mass is 470 g/mol. The molecule has 0 unspecified atom stereocenters. The topological polar surface area (TPSA) is 0 Å². The van der Waals surface area contributed by atoms with Crippen LogP contribution in [0.2, 0.25) is 0 Å². The summed E-state index contributed by atoms with van der Waals surface area (Å²) in [5, 5.41) is 0. The summed E-state index contributed by atoms with van der Waals surface area (Å²) in [7, 11) is 0. The summed E-state index contributed by atoms with van der Waals surface area (Å²) in [5.74, 6) is 0. The molecule has 2 aromatic carbocycles. The molecule has 0 saturated carbocycles. The van der Waals surface area contributed by atoms with Crippen LogP contribution in [-0.4, -0.2) is 21.1 Å². The van der Waals surface area contributed by atoms with Crippen LogP contribution in [0.4, 0.5) is 0 Å². The van der Waals surface area contributed by atoms with E-state index in [1.54, 1.807) is 29.4 Å². The Bertz CT molecular complexity index is 798. The van der Waals surface area contributed by atoms with E-state index in [-0.39, 0.29) is 10.8 Å². The number of benzene rings is 2. The first kappa shape index (κ1) is 22.5. The Morgan fingerprint density at radius 3 is 1.07 bits per heavy atom. The number of rotatable bonds is 2. The Morgan fingerprint density at radius 2 is 0.815 bits per heavy atom. The summed E-state index contributed by atoms with van der Waals surface area (Å²) in [6.07, 6.45) is 0. The van der Waals surface area contributed by atoms with E-state index in [9.17, 15) is 0 Å². The molecule has 0 aliphatic heterocycles. The van der Waals surface area contributed by atoms with E-state index in [1.165, 1.54) is 22.3 Å². The molecule has 0 nitrogen and oxygen atoms in total. The third-order valence-corrected chi connectivity index (χ3v) is 11.3. The van der Waals surface area contributed by atoms with E-state index in [4.69, 9.17) is 0 Å². The molecule has 0 N–H and O–H groups in total. The van der Waals surface area contributed by atoms with Crippen LogP contribution in [0.3, 0.4) is 0 Å². The Kier molecular flexibility index (Phi) is 6.32. The van der Waals surface area contributed by atoms with Gasteiger partial charge in [0.2, 0.25) is 0 Å². The zero-order valence-corrected chi connectivity index (χ0v) is 22.5. The molecule has 0 fully saturated rings. The van der Waals surface area contributed by atoms with E-state index in [0.29, 0.717) is 0 Å². The first-order chi connectivity index (χ1) is 12.2. The predicted octanol–water partition coefficient (Wildman–Crippen LogP) is 5.79. The second kappa shape index (κ2) is 7.58. The van der Waals surface area contributed by atoms with Gasteiger partial charge in [-0.2, -0.15) is 0 Å². The van der Waals surface area contributed by atoms with Crippen LogP contribution in [0.25, 0.3) is 0 Å². The van der Waals surface area contributed by atoms with Crippen LogP contribution < -0.4 is 7.16 Å². The van der Waals surface area contributed by atoms with Gasteiger partial charge < -0.3 is 0 Å². The molecule has 0 heterocycles. The zero-order valence-electron chi connectivity index (χ0n) is 19.7. The quantitative estimate of drug-likeness (QED) is 0.489. The third kappa shape index (κ3) is 4.47. The van der Waals surface area contributed by atoms with Crippen molar-refractivity contribution >= 4 is 28.3 Å². The fourth-order valence-corrected chi connectivity index (χ4v) is 9.97. The van der Waals surface area contributed by atoms with Gasteiger partial charge in [-0.15, -0.1) is 0 Å². The van der Waals surface area contributed by atoms with Gasteiger partial charge in [0.1, 0.15) is 0 Å². The normalized spacial score (nSPS) is 12.4. The summed E-state index contributed by atoms with van der Waals surface area (Å²) in [6.45, 7) is 28.1. The van der Waals surface area contributed by atoms with Crippen molar-refractivity contribution in [1.82, 2.24) is 0 Å². The van der Waals surface area contributed by atoms with Crippen LogP contribution in [0.15, 0.2) is 12.1 Å². The first-order valence-corrected chi connectivity index (χ1v) is 13.0. The summed E-state index contributed by atoms with van der Waals surface area (Å²) in [4.78, 5) is 0. The van der Waals surface area contributed by atoms with Gasteiger partial charge in [0.05, 0.1) is 0 Å². The molecular formula is C26H38Sn+. The maximum atomic E-state index is 2.48. The van der Waals surface area contributed by atoms with Crippen LogP contribution in [0.1, 0.15) is 86.1 Å². The number of aryl methyl sites for hydroxylation is 2. The Labute approximate surface area is 178 Å². The Balaban J connectivity index is 2.82. The first-order valence-electron chi connectivity index (χ1n) is 10.2.